The Bertz CT molecular complexity index is 664. The van der Waals surface area contributed by atoms with Crippen LogP contribution in [0.5, 0.6) is 5.75 Å². The van der Waals surface area contributed by atoms with Crippen molar-refractivity contribution in [2.24, 2.45) is 0 Å². The van der Waals surface area contributed by atoms with E-state index >= 15 is 0 Å². The van der Waals surface area contributed by atoms with Crippen LogP contribution in [0.3, 0.4) is 0 Å². The number of carbonyl (C=O) groups is 1. The Labute approximate surface area is 128 Å². The molecular formula is C17H18N2O3. The molecule has 1 aliphatic carbocycles. The summed E-state index contributed by atoms with van der Waals surface area (Å²) < 4.78 is 11.2. The van der Waals surface area contributed by atoms with E-state index in [9.17, 15) is 4.79 Å². The van der Waals surface area contributed by atoms with Crippen LogP contribution in [-0.4, -0.2) is 35.2 Å². The summed E-state index contributed by atoms with van der Waals surface area (Å²) in [6, 6.07) is 11.5. The second-order valence-corrected chi connectivity index (χ2v) is 5.98. The predicted octanol–water partition coefficient (Wildman–Crippen LogP) is 2.85. The van der Waals surface area contributed by atoms with Crippen molar-refractivity contribution < 1.29 is 14.1 Å². The molecule has 0 bridgehead atoms. The molecule has 22 heavy (non-hydrogen) atoms. The average molecular weight is 298 g/mol. The molecule has 0 spiro atoms. The van der Waals surface area contributed by atoms with Gasteiger partial charge in [0, 0.05) is 24.9 Å². The van der Waals surface area contributed by atoms with Crippen molar-refractivity contribution in [3.8, 4) is 5.75 Å². The van der Waals surface area contributed by atoms with Gasteiger partial charge in [-0.1, -0.05) is 23.4 Å². The monoisotopic (exact) mass is 298 g/mol. The summed E-state index contributed by atoms with van der Waals surface area (Å²) in [6.07, 6.45) is 3.16. The summed E-state index contributed by atoms with van der Waals surface area (Å²) in [7, 11) is 0. The van der Waals surface area contributed by atoms with Gasteiger partial charge >= 0.3 is 0 Å². The third-order valence-electron chi connectivity index (χ3n) is 4.21. The zero-order valence-corrected chi connectivity index (χ0v) is 12.3. The Hall–Kier alpha value is -2.30. The molecule has 1 saturated carbocycles. The fourth-order valence-electron chi connectivity index (χ4n) is 2.81. The quantitative estimate of drug-likeness (QED) is 0.871. The summed E-state index contributed by atoms with van der Waals surface area (Å²) in [6.45, 7) is 1.29. The van der Waals surface area contributed by atoms with Gasteiger partial charge in [0.05, 0.1) is 6.54 Å². The van der Waals surface area contributed by atoms with Gasteiger partial charge in [-0.05, 0) is 25.0 Å². The molecule has 114 valence electrons. The number of hydrogen-bond acceptors (Lipinski definition) is 4. The van der Waals surface area contributed by atoms with Crippen LogP contribution in [0, 0.1) is 0 Å². The standard InChI is InChI=1S/C17H18N2O3/c20-17(15-10-16(22-18-15)12-6-7-12)19-9-8-14(11-19)21-13-4-2-1-3-5-13/h1-5,10,12,14H,6-9,11H2/t14-/m0/s1. The first-order valence-electron chi connectivity index (χ1n) is 7.77. The molecule has 1 amide bonds. The molecule has 5 nitrogen and oxygen atoms in total. The van der Waals surface area contributed by atoms with E-state index in [1.807, 2.05) is 30.3 Å². The molecule has 1 aliphatic heterocycles. The zero-order valence-electron chi connectivity index (χ0n) is 12.3. The van der Waals surface area contributed by atoms with Crippen molar-refractivity contribution in [3.05, 3.63) is 47.9 Å². The van der Waals surface area contributed by atoms with Crippen LogP contribution in [-0.2, 0) is 0 Å². The van der Waals surface area contributed by atoms with E-state index in [0.29, 0.717) is 24.7 Å². The summed E-state index contributed by atoms with van der Waals surface area (Å²) in [4.78, 5) is 14.2. The van der Waals surface area contributed by atoms with Crippen LogP contribution in [0.15, 0.2) is 40.9 Å². The van der Waals surface area contributed by atoms with E-state index < -0.39 is 0 Å². The highest BCUT2D eigenvalue weighted by atomic mass is 16.5. The number of nitrogens with zero attached hydrogens (tertiary/aromatic N) is 2. The molecule has 0 radical (unpaired) electrons. The zero-order chi connectivity index (χ0) is 14.9. The number of benzene rings is 1. The van der Waals surface area contributed by atoms with Crippen LogP contribution < -0.4 is 4.74 Å². The minimum Gasteiger partial charge on any atom is -0.489 e. The first kappa shape index (κ1) is 13.4. The predicted molar refractivity (Wildman–Crippen MR) is 79.9 cm³/mol. The second kappa shape index (κ2) is 5.48. The van der Waals surface area contributed by atoms with Gasteiger partial charge in [0.25, 0.3) is 5.91 Å². The van der Waals surface area contributed by atoms with Crippen molar-refractivity contribution in [2.75, 3.05) is 13.1 Å². The van der Waals surface area contributed by atoms with E-state index in [0.717, 1.165) is 30.8 Å². The van der Waals surface area contributed by atoms with E-state index in [2.05, 4.69) is 5.16 Å². The van der Waals surface area contributed by atoms with Crippen LogP contribution in [0.1, 0.15) is 41.4 Å². The maximum atomic E-state index is 12.4. The fraction of sp³-hybridized carbons (Fsp3) is 0.412. The number of hydrogen-bond donors (Lipinski definition) is 0. The van der Waals surface area contributed by atoms with E-state index in [1.165, 1.54) is 0 Å². The largest absolute Gasteiger partial charge is 0.489 e. The molecule has 1 aromatic heterocycles. The van der Waals surface area contributed by atoms with Crippen molar-refractivity contribution in [1.29, 1.82) is 0 Å². The molecule has 4 rings (SSSR count). The lowest BCUT2D eigenvalue weighted by Crippen LogP contribution is -2.31. The third-order valence-corrected chi connectivity index (χ3v) is 4.21. The summed E-state index contributed by atoms with van der Waals surface area (Å²) in [5.41, 5.74) is 0.419. The van der Waals surface area contributed by atoms with Gasteiger partial charge in [0.15, 0.2) is 5.69 Å². The fourth-order valence-corrected chi connectivity index (χ4v) is 2.81. The average Bonchev–Trinajstić information content (AvgIpc) is 3.10. The van der Waals surface area contributed by atoms with Crippen LogP contribution >= 0.6 is 0 Å². The number of ether oxygens (including phenoxy) is 1. The smallest absolute Gasteiger partial charge is 0.276 e. The minimum absolute atomic E-state index is 0.0427. The van der Waals surface area contributed by atoms with E-state index in [1.54, 1.807) is 11.0 Å². The number of aromatic nitrogens is 1. The summed E-state index contributed by atoms with van der Waals surface area (Å²) in [5, 5.41) is 3.92. The molecular weight excluding hydrogens is 280 g/mol. The Balaban J connectivity index is 1.38. The van der Waals surface area contributed by atoms with Gasteiger partial charge in [-0.15, -0.1) is 0 Å². The molecule has 2 fully saturated rings. The number of para-hydroxylation sites is 1. The lowest BCUT2D eigenvalue weighted by molar-refractivity contribution is 0.0762. The Morgan fingerprint density at radius 2 is 2.05 bits per heavy atom. The first-order chi connectivity index (χ1) is 10.8. The molecule has 1 saturated heterocycles. The Kier molecular flexibility index (Phi) is 3.33. The van der Waals surface area contributed by atoms with Gasteiger partial charge in [-0.3, -0.25) is 4.79 Å². The minimum atomic E-state index is -0.0604. The van der Waals surface area contributed by atoms with Crippen LogP contribution in [0.2, 0.25) is 0 Å². The summed E-state index contributed by atoms with van der Waals surface area (Å²) in [5.74, 6) is 2.11. The van der Waals surface area contributed by atoms with Crippen LogP contribution in [0.4, 0.5) is 0 Å². The molecule has 2 heterocycles. The van der Waals surface area contributed by atoms with Gasteiger partial charge in [-0.25, -0.2) is 0 Å². The topological polar surface area (TPSA) is 55.6 Å². The first-order valence-corrected chi connectivity index (χ1v) is 7.77. The highest BCUT2D eigenvalue weighted by molar-refractivity contribution is 5.92. The van der Waals surface area contributed by atoms with Crippen molar-refractivity contribution >= 4 is 5.91 Å². The lowest BCUT2D eigenvalue weighted by Gasteiger charge is -2.16. The van der Waals surface area contributed by atoms with Crippen molar-refractivity contribution in [3.63, 3.8) is 0 Å². The number of likely N-dealkylation sites (tertiary alicyclic amines) is 1. The van der Waals surface area contributed by atoms with Gasteiger partial charge in [0.1, 0.15) is 17.6 Å². The van der Waals surface area contributed by atoms with Gasteiger partial charge in [0.2, 0.25) is 0 Å². The molecule has 5 heteroatoms. The maximum absolute atomic E-state index is 12.4. The molecule has 1 atom stereocenters. The third kappa shape index (κ3) is 2.71. The van der Waals surface area contributed by atoms with Crippen LogP contribution in [0.25, 0.3) is 0 Å². The highest BCUT2D eigenvalue weighted by Crippen LogP contribution is 2.40. The molecule has 2 aliphatic rings. The lowest BCUT2D eigenvalue weighted by atomic mass is 10.2. The molecule has 2 aromatic rings. The second-order valence-electron chi connectivity index (χ2n) is 5.98. The summed E-state index contributed by atoms with van der Waals surface area (Å²) >= 11 is 0. The normalized spacial score (nSPS) is 21.1. The van der Waals surface area contributed by atoms with Crippen molar-refractivity contribution in [2.45, 2.75) is 31.3 Å². The Morgan fingerprint density at radius 1 is 1.23 bits per heavy atom. The SMILES string of the molecule is O=C(c1cc(C2CC2)on1)N1CC[C@H](Oc2ccccc2)C1. The van der Waals surface area contributed by atoms with Gasteiger partial charge in [-0.2, -0.15) is 0 Å². The molecule has 1 aromatic carbocycles. The number of carbonyl (C=O) groups excluding carboxylic acids is 1. The maximum Gasteiger partial charge on any atom is 0.276 e. The Morgan fingerprint density at radius 3 is 2.82 bits per heavy atom. The molecule has 0 unspecified atom stereocenters. The molecule has 0 N–H and O–H groups in total. The van der Waals surface area contributed by atoms with E-state index in [4.69, 9.17) is 9.26 Å². The number of amides is 1. The van der Waals surface area contributed by atoms with Crippen molar-refractivity contribution in [1.82, 2.24) is 10.1 Å². The number of rotatable bonds is 4. The highest BCUT2D eigenvalue weighted by Gasteiger charge is 2.32. The van der Waals surface area contributed by atoms with Gasteiger partial charge < -0.3 is 14.2 Å². The van der Waals surface area contributed by atoms with E-state index in [-0.39, 0.29) is 12.0 Å².